The van der Waals surface area contributed by atoms with Gasteiger partial charge in [-0.25, -0.2) is 4.57 Å². The standard InChI is InChI=1S/C20H28ClO4PS/c1-5-7-12-27-26(23,24-6-2)25-18-14-20(3,4)13-17(22)19(18)15-8-10-16(21)11-9-15/h8-11H,5-7,12-14H2,1-4H3. The van der Waals surface area contributed by atoms with Gasteiger partial charge in [0.1, 0.15) is 5.76 Å². The monoisotopic (exact) mass is 430 g/mol. The molecular weight excluding hydrogens is 403 g/mol. The lowest BCUT2D eigenvalue weighted by Crippen LogP contribution is -2.26. The number of hydrogen-bond donors (Lipinski definition) is 0. The summed E-state index contributed by atoms with van der Waals surface area (Å²) in [5.41, 5.74) is 0.964. The van der Waals surface area contributed by atoms with Crippen LogP contribution in [0.2, 0.25) is 5.02 Å². The molecule has 1 atom stereocenters. The minimum absolute atomic E-state index is 0.00909. The van der Waals surface area contributed by atoms with Gasteiger partial charge >= 0.3 is 6.80 Å². The molecule has 0 fully saturated rings. The van der Waals surface area contributed by atoms with Crippen molar-refractivity contribution < 1.29 is 18.4 Å². The number of carbonyl (C=O) groups excluding carboxylic acids is 1. The van der Waals surface area contributed by atoms with E-state index in [2.05, 4.69) is 6.92 Å². The molecule has 0 bridgehead atoms. The Morgan fingerprint density at radius 2 is 1.85 bits per heavy atom. The van der Waals surface area contributed by atoms with Crippen molar-refractivity contribution in [2.75, 3.05) is 12.4 Å². The summed E-state index contributed by atoms with van der Waals surface area (Å²) in [5.74, 6) is 1.14. The summed E-state index contributed by atoms with van der Waals surface area (Å²) in [6.45, 7) is 4.81. The van der Waals surface area contributed by atoms with Crippen LogP contribution in [-0.2, 0) is 18.4 Å². The van der Waals surface area contributed by atoms with Crippen molar-refractivity contribution >= 4 is 41.1 Å². The lowest BCUT2D eigenvalue weighted by molar-refractivity contribution is -0.116. The van der Waals surface area contributed by atoms with Crippen molar-refractivity contribution in [3.63, 3.8) is 0 Å². The molecule has 27 heavy (non-hydrogen) atoms. The van der Waals surface area contributed by atoms with Crippen LogP contribution >= 0.6 is 29.8 Å². The highest BCUT2D eigenvalue weighted by Gasteiger charge is 2.38. The molecular formula is C20H28ClO4PS. The highest BCUT2D eigenvalue weighted by Crippen LogP contribution is 2.63. The fourth-order valence-corrected chi connectivity index (χ4v) is 6.70. The number of allylic oxidation sites excluding steroid dienone is 2. The Kier molecular flexibility index (Phi) is 8.05. The van der Waals surface area contributed by atoms with Gasteiger partial charge in [-0.15, -0.1) is 0 Å². The van der Waals surface area contributed by atoms with Gasteiger partial charge in [0.05, 0.1) is 12.2 Å². The smallest absolute Gasteiger partial charge is 0.421 e. The molecule has 4 nitrogen and oxygen atoms in total. The summed E-state index contributed by atoms with van der Waals surface area (Å²) >= 11 is 7.20. The fraction of sp³-hybridized carbons (Fsp3) is 0.550. The molecule has 0 spiro atoms. The Labute approximate surface area is 171 Å². The maximum atomic E-state index is 13.3. The van der Waals surface area contributed by atoms with Crippen LogP contribution < -0.4 is 0 Å². The number of benzene rings is 1. The first-order chi connectivity index (χ1) is 12.7. The van der Waals surface area contributed by atoms with E-state index >= 15 is 0 Å². The zero-order valence-electron chi connectivity index (χ0n) is 16.4. The van der Waals surface area contributed by atoms with E-state index in [0.29, 0.717) is 34.9 Å². The van der Waals surface area contributed by atoms with E-state index in [1.54, 1.807) is 31.2 Å². The molecule has 1 aromatic carbocycles. The summed E-state index contributed by atoms with van der Waals surface area (Å²) in [7, 11) is 0. The van der Waals surface area contributed by atoms with Crippen LogP contribution in [0.25, 0.3) is 5.57 Å². The summed E-state index contributed by atoms with van der Waals surface area (Å²) < 4.78 is 24.8. The first kappa shape index (κ1) is 22.5. The molecule has 0 radical (unpaired) electrons. The van der Waals surface area contributed by atoms with Gasteiger partial charge in [-0.3, -0.25) is 9.32 Å². The average molecular weight is 431 g/mol. The summed E-state index contributed by atoms with van der Waals surface area (Å²) in [6, 6.07) is 7.08. The molecule has 2 rings (SSSR count). The molecule has 150 valence electrons. The summed E-state index contributed by atoms with van der Waals surface area (Å²) in [4.78, 5) is 12.9. The molecule has 1 aliphatic carbocycles. The van der Waals surface area contributed by atoms with Crippen molar-refractivity contribution in [2.24, 2.45) is 5.41 Å². The topological polar surface area (TPSA) is 52.6 Å². The van der Waals surface area contributed by atoms with Crippen LogP contribution in [0.3, 0.4) is 0 Å². The van der Waals surface area contributed by atoms with Crippen LogP contribution in [0.1, 0.15) is 58.9 Å². The van der Waals surface area contributed by atoms with Crippen molar-refractivity contribution in [3.05, 3.63) is 40.6 Å². The van der Waals surface area contributed by atoms with E-state index in [1.165, 1.54) is 11.4 Å². The Morgan fingerprint density at radius 1 is 1.19 bits per heavy atom. The SMILES string of the molecule is CCCCSP(=O)(OCC)OC1=C(c2ccc(Cl)cc2)C(=O)CC(C)(C)C1. The van der Waals surface area contributed by atoms with Crippen molar-refractivity contribution in [1.82, 2.24) is 0 Å². The second-order valence-electron chi connectivity index (χ2n) is 7.39. The lowest BCUT2D eigenvalue weighted by Gasteiger charge is -2.33. The first-order valence-corrected chi connectivity index (χ1v) is 12.8. The number of carbonyl (C=O) groups is 1. The number of halogens is 1. The van der Waals surface area contributed by atoms with E-state index in [1.807, 2.05) is 13.8 Å². The van der Waals surface area contributed by atoms with Gasteiger partial charge in [0.15, 0.2) is 5.78 Å². The fourth-order valence-electron chi connectivity index (χ4n) is 2.98. The van der Waals surface area contributed by atoms with Crippen LogP contribution in [0.4, 0.5) is 0 Å². The molecule has 1 aromatic rings. The molecule has 7 heteroatoms. The van der Waals surface area contributed by atoms with Gasteiger partial charge in [0.2, 0.25) is 0 Å². The van der Waals surface area contributed by atoms with E-state index in [0.717, 1.165) is 18.4 Å². The van der Waals surface area contributed by atoms with Crippen molar-refractivity contribution in [2.45, 2.75) is 53.4 Å². The third-order valence-electron chi connectivity index (χ3n) is 4.23. The van der Waals surface area contributed by atoms with Crippen LogP contribution in [0, 0.1) is 5.41 Å². The number of Topliss-reactive ketones (excluding diaryl/α,β-unsaturated/α-hetero) is 1. The van der Waals surface area contributed by atoms with Crippen LogP contribution in [-0.4, -0.2) is 18.1 Å². The van der Waals surface area contributed by atoms with Gasteiger partial charge in [-0.1, -0.05) is 50.9 Å². The average Bonchev–Trinajstić information content (AvgIpc) is 2.55. The Bertz CT molecular complexity index is 743. The molecule has 0 amide bonds. The van der Waals surface area contributed by atoms with Crippen LogP contribution in [0.15, 0.2) is 30.0 Å². The Balaban J connectivity index is 2.43. The third-order valence-corrected chi connectivity index (χ3v) is 8.32. The second-order valence-corrected chi connectivity index (χ2v) is 11.9. The molecule has 1 unspecified atom stereocenters. The van der Waals surface area contributed by atoms with E-state index < -0.39 is 6.80 Å². The predicted octanol–water partition coefficient (Wildman–Crippen LogP) is 7.13. The molecule has 0 aliphatic heterocycles. The van der Waals surface area contributed by atoms with Gasteiger partial charge < -0.3 is 4.52 Å². The van der Waals surface area contributed by atoms with Crippen LogP contribution in [0.5, 0.6) is 0 Å². The van der Waals surface area contributed by atoms with E-state index in [9.17, 15) is 9.36 Å². The maximum absolute atomic E-state index is 13.3. The minimum Gasteiger partial charge on any atom is -0.421 e. The number of hydrogen-bond acceptors (Lipinski definition) is 5. The van der Waals surface area contributed by atoms with E-state index in [-0.39, 0.29) is 17.8 Å². The van der Waals surface area contributed by atoms with Gasteiger partial charge in [0, 0.05) is 23.6 Å². The molecule has 0 aromatic heterocycles. The molecule has 0 saturated carbocycles. The Morgan fingerprint density at radius 3 is 2.44 bits per heavy atom. The molecule has 0 heterocycles. The minimum atomic E-state index is -3.39. The van der Waals surface area contributed by atoms with Gasteiger partial charge in [0.25, 0.3) is 0 Å². The lowest BCUT2D eigenvalue weighted by atomic mass is 9.75. The summed E-state index contributed by atoms with van der Waals surface area (Å²) in [5, 5.41) is 0.598. The molecule has 0 N–H and O–H groups in total. The number of unbranched alkanes of at least 4 members (excludes halogenated alkanes) is 1. The highest BCUT2D eigenvalue weighted by atomic mass is 35.5. The zero-order valence-corrected chi connectivity index (χ0v) is 18.9. The first-order valence-electron chi connectivity index (χ1n) is 9.30. The van der Waals surface area contributed by atoms with Gasteiger partial charge in [-0.2, -0.15) is 0 Å². The predicted molar refractivity (Wildman–Crippen MR) is 114 cm³/mol. The molecule has 0 saturated heterocycles. The maximum Gasteiger partial charge on any atom is 0.439 e. The van der Waals surface area contributed by atoms with Crippen molar-refractivity contribution in [3.8, 4) is 0 Å². The Hall–Kier alpha value is -0.740. The number of ketones is 1. The van der Waals surface area contributed by atoms with Crippen molar-refractivity contribution in [1.29, 1.82) is 0 Å². The number of rotatable bonds is 9. The molecule has 1 aliphatic rings. The third kappa shape index (κ3) is 6.39. The largest absolute Gasteiger partial charge is 0.439 e. The second kappa shape index (κ2) is 9.65. The quantitative estimate of drug-likeness (QED) is 0.308. The van der Waals surface area contributed by atoms with E-state index in [4.69, 9.17) is 20.6 Å². The van der Waals surface area contributed by atoms with Gasteiger partial charge in [-0.05, 0) is 47.8 Å². The highest BCUT2D eigenvalue weighted by molar-refractivity contribution is 8.55. The zero-order chi connectivity index (χ0) is 20.1. The normalized spacial score (nSPS) is 19.1. The summed E-state index contributed by atoms with van der Waals surface area (Å²) in [6.07, 6.45) is 2.88.